The zero-order valence-corrected chi connectivity index (χ0v) is 18.1. The van der Waals surface area contributed by atoms with Gasteiger partial charge in [0.1, 0.15) is 28.5 Å². The number of ether oxygens (including phenoxy) is 1. The van der Waals surface area contributed by atoms with E-state index in [1.165, 1.54) is 0 Å². The van der Waals surface area contributed by atoms with Crippen molar-refractivity contribution in [3.8, 4) is 0 Å². The van der Waals surface area contributed by atoms with E-state index in [0.717, 1.165) is 22.3 Å². The number of fused-ring (bicyclic) bond motifs is 2. The predicted octanol–water partition coefficient (Wildman–Crippen LogP) is 3.51. The van der Waals surface area contributed by atoms with Crippen LogP contribution in [-0.4, -0.2) is 21.6 Å². The molecule has 0 spiro atoms. The fourth-order valence-electron chi connectivity index (χ4n) is 3.91. The van der Waals surface area contributed by atoms with Crippen molar-refractivity contribution in [1.29, 1.82) is 0 Å². The van der Waals surface area contributed by atoms with Gasteiger partial charge in [-0.25, -0.2) is 14.6 Å². The van der Waals surface area contributed by atoms with E-state index in [4.69, 9.17) is 9.15 Å². The number of hydrogen-bond donors (Lipinski definition) is 2. The highest BCUT2D eigenvalue weighted by molar-refractivity contribution is 6.38. The Morgan fingerprint density at radius 2 is 1.88 bits per heavy atom. The highest BCUT2D eigenvalue weighted by atomic mass is 16.6. The van der Waals surface area contributed by atoms with Crippen molar-refractivity contribution >= 4 is 28.5 Å². The van der Waals surface area contributed by atoms with Crippen LogP contribution >= 0.6 is 0 Å². The number of furan rings is 1. The Labute approximate surface area is 188 Å². The van der Waals surface area contributed by atoms with Crippen LogP contribution < -0.4 is 11.2 Å². The van der Waals surface area contributed by atoms with Crippen molar-refractivity contribution in [3.63, 3.8) is 0 Å². The minimum Gasteiger partial charge on any atom is -0.461 e. The molecule has 0 bridgehead atoms. The summed E-state index contributed by atoms with van der Waals surface area (Å²) in [5, 5.41) is 0.964. The number of aromatic nitrogens is 2. The summed E-state index contributed by atoms with van der Waals surface area (Å²) in [5.74, 6) is 0.289. The zero-order chi connectivity index (χ0) is 23.2. The smallest absolute Gasteiger partial charge is 0.353 e. The summed E-state index contributed by atoms with van der Waals surface area (Å²) in [6, 6.07) is 17.8. The van der Waals surface area contributed by atoms with E-state index in [2.05, 4.69) is 27.1 Å². The molecule has 1 aliphatic rings. The van der Waals surface area contributed by atoms with Gasteiger partial charge in [0, 0.05) is 18.2 Å². The van der Waals surface area contributed by atoms with Crippen LogP contribution in [0, 0.1) is 0 Å². The molecule has 4 aromatic rings. The van der Waals surface area contributed by atoms with E-state index in [0.29, 0.717) is 12.0 Å². The molecule has 33 heavy (non-hydrogen) atoms. The van der Waals surface area contributed by atoms with E-state index < -0.39 is 22.8 Å². The SMILES string of the molecule is CC(C)(OC(=O)C1=Nc2[nH]c(=O)[nH]c(=O)c2C1)c1ccc2cc(Cc3ccccc3)oc2c1. The quantitative estimate of drug-likeness (QED) is 0.458. The van der Waals surface area contributed by atoms with Gasteiger partial charge < -0.3 is 9.15 Å². The van der Waals surface area contributed by atoms with Crippen LogP contribution in [0.1, 0.15) is 36.3 Å². The number of rotatable bonds is 5. The van der Waals surface area contributed by atoms with Gasteiger partial charge in [-0.1, -0.05) is 42.5 Å². The molecule has 2 aromatic carbocycles. The summed E-state index contributed by atoms with van der Waals surface area (Å²) in [7, 11) is 0. The minimum atomic E-state index is -0.977. The molecule has 2 aromatic heterocycles. The number of aromatic amines is 2. The van der Waals surface area contributed by atoms with Crippen LogP contribution in [0.4, 0.5) is 5.82 Å². The minimum absolute atomic E-state index is 0.00355. The number of H-pyrrole nitrogens is 2. The normalized spacial score (nSPS) is 13.1. The van der Waals surface area contributed by atoms with Crippen molar-refractivity contribution in [2.75, 3.05) is 0 Å². The summed E-state index contributed by atoms with van der Waals surface area (Å²) in [4.78, 5) is 44.8. The molecule has 8 nitrogen and oxygen atoms in total. The molecule has 0 aliphatic carbocycles. The molecule has 166 valence electrons. The Balaban J connectivity index is 1.36. The standard InChI is InChI=1S/C25H21N3O5/c1-25(2,33-23(30)19-13-18-21(26-19)27-24(31)28-22(18)29)16-9-8-15-11-17(32-20(15)12-16)10-14-6-4-3-5-7-14/h3-9,11-12H,10,13H2,1-2H3,(H2,27,28,29,31). The van der Waals surface area contributed by atoms with E-state index in [1.807, 2.05) is 42.5 Å². The predicted molar refractivity (Wildman–Crippen MR) is 123 cm³/mol. The summed E-state index contributed by atoms with van der Waals surface area (Å²) in [6.07, 6.45) is 0.682. The summed E-state index contributed by atoms with van der Waals surface area (Å²) >= 11 is 0. The highest BCUT2D eigenvalue weighted by Crippen LogP contribution is 2.31. The molecule has 2 N–H and O–H groups in total. The van der Waals surface area contributed by atoms with Crippen molar-refractivity contribution < 1.29 is 13.9 Å². The summed E-state index contributed by atoms with van der Waals surface area (Å²) in [6.45, 7) is 3.55. The van der Waals surface area contributed by atoms with Crippen molar-refractivity contribution in [2.24, 2.45) is 4.99 Å². The van der Waals surface area contributed by atoms with Crippen molar-refractivity contribution in [2.45, 2.75) is 32.3 Å². The lowest BCUT2D eigenvalue weighted by atomic mass is 9.97. The van der Waals surface area contributed by atoms with E-state index >= 15 is 0 Å². The lowest BCUT2D eigenvalue weighted by Crippen LogP contribution is -2.30. The number of aliphatic imine (C=N–C) groups is 1. The zero-order valence-electron chi connectivity index (χ0n) is 18.1. The first kappa shape index (κ1) is 20.7. The topological polar surface area (TPSA) is 118 Å². The fourth-order valence-corrected chi connectivity index (χ4v) is 3.91. The number of carbonyl (C=O) groups excluding carboxylic acids is 1. The molecule has 0 radical (unpaired) electrons. The molecule has 0 atom stereocenters. The van der Waals surface area contributed by atoms with Gasteiger partial charge in [0.15, 0.2) is 0 Å². The van der Waals surface area contributed by atoms with Gasteiger partial charge in [-0.3, -0.25) is 14.8 Å². The van der Waals surface area contributed by atoms with Crippen LogP contribution in [0.5, 0.6) is 0 Å². The Hall–Kier alpha value is -4.20. The summed E-state index contributed by atoms with van der Waals surface area (Å²) in [5.41, 5.74) is 0.712. The van der Waals surface area contributed by atoms with Crippen LogP contribution in [0.2, 0.25) is 0 Å². The van der Waals surface area contributed by atoms with Gasteiger partial charge in [0.25, 0.3) is 5.56 Å². The van der Waals surface area contributed by atoms with Gasteiger partial charge in [0.2, 0.25) is 0 Å². The van der Waals surface area contributed by atoms with Crippen molar-refractivity contribution in [1.82, 2.24) is 9.97 Å². The van der Waals surface area contributed by atoms with E-state index in [1.54, 1.807) is 13.8 Å². The average Bonchev–Trinajstić information content (AvgIpc) is 3.37. The van der Waals surface area contributed by atoms with Gasteiger partial charge in [0.05, 0.1) is 5.56 Å². The number of carbonyl (C=O) groups is 1. The van der Waals surface area contributed by atoms with Gasteiger partial charge in [-0.05, 0) is 37.1 Å². The van der Waals surface area contributed by atoms with Gasteiger partial charge >= 0.3 is 11.7 Å². The lowest BCUT2D eigenvalue weighted by Gasteiger charge is -2.25. The third-order valence-corrected chi connectivity index (χ3v) is 5.68. The monoisotopic (exact) mass is 443 g/mol. The Morgan fingerprint density at radius 1 is 1.09 bits per heavy atom. The van der Waals surface area contributed by atoms with E-state index in [9.17, 15) is 14.4 Å². The second-order valence-corrected chi connectivity index (χ2v) is 8.50. The molecular weight excluding hydrogens is 422 g/mol. The first-order valence-corrected chi connectivity index (χ1v) is 10.5. The van der Waals surface area contributed by atoms with Crippen LogP contribution in [0.3, 0.4) is 0 Å². The fraction of sp³-hybridized carbons (Fsp3) is 0.200. The van der Waals surface area contributed by atoms with E-state index in [-0.39, 0.29) is 23.5 Å². The second-order valence-electron chi connectivity index (χ2n) is 8.50. The molecule has 1 aliphatic heterocycles. The molecule has 0 saturated carbocycles. The number of nitrogens with one attached hydrogen (secondary N) is 2. The molecular formula is C25H21N3O5. The van der Waals surface area contributed by atoms with Gasteiger partial charge in [-0.2, -0.15) is 0 Å². The molecule has 0 amide bonds. The lowest BCUT2D eigenvalue weighted by molar-refractivity contribution is -0.148. The molecule has 0 saturated heterocycles. The third kappa shape index (κ3) is 4.03. The first-order valence-electron chi connectivity index (χ1n) is 10.5. The van der Waals surface area contributed by atoms with Crippen LogP contribution in [0.15, 0.2) is 73.6 Å². The maximum Gasteiger partial charge on any atom is 0.353 e. The number of hydrogen-bond acceptors (Lipinski definition) is 6. The highest BCUT2D eigenvalue weighted by Gasteiger charge is 2.31. The molecule has 3 heterocycles. The maximum atomic E-state index is 12.8. The number of benzene rings is 2. The Bertz CT molecular complexity index is 1520. The first-order chi connectivity index (χ1) is 15.8. The van der Waals surface area contributed by atoms with Crippen LogP contribution in [-0.2, 0) is 28.0 Å². The van der Waals surface area contributed by atoms with Crippen molar-refractivity contribution in [3.05, 3.63) is 97.9 Å². The molecule has 5 rings (SSSR count). The molecule has 8 heteroatoms. The van der Waals surface area contributed by atoms with Crippen LogP contribution in [0.25, 0.3) is 11.0 Å². The second kappa shape index (κ2) is 7.74. The molecule has 0 unspecified atom stereocenters. The third-order valence-electron chi connectivity index (χ3n) is 5.68. The van der Waals surface area contributed by atoms with Gasteiger partial charge in [-0.15, -0.1) is 0 Å². The Morgan fingerprint density at radius 3 is 2.67 bits per heavy atom. The molecule has 0 fully saturated rings. The Kier molecular flexibility index (Phi) is 4.85. The number of nitrogens with zero attached hydrogens (tertiary/aromatic N) is 1. The summed E-state index contributed by atoms with van der Waals surface area (Å²) < 4.78 is 11.8. The number of esters is 1. The largest absolute Gasteiger partial charge is 0.461 e. The average molecular weight is 443 g/mol. The maximum absolute atomic E-state index is 12.8.